The second-order valence-corrected chi connectivity index (χ2v) is 6.91. The first-order valence-electron chi connectivity index (χ1n) is 9.37. The number of hydroxylamine groups is 1. The van der Waals surface area contributed by atoms with E-state index in [2.05, 4.69) is 9.97 Å². The van der Waals surface area contributed by atoms with Crippen LogP contribution in [-0.4, -0.2) is 41.4 Å². The molecule has 0 saturated carbocycles. The first-order valence-corrected chi connectivity index (χ1v) is 9.37. The standard InChI is InChI=1S/C21H20FN3O5/c1-28-18-5-3-14-17(6-9-23-19(14)24-18)30-13-2-4-15(16(22)12-13)21(20(26)25-27)7-10-29-11-8-21/h2-6,9,12,27H,7-8,10-11H2,1H3,(H,25,26). The summed E-state index contributed by atoms with van der Waals surface area (Å²) in [5, 5.41) is 9.83. The molecule has 3 heterocycles. The molecule has 1 amide bonds. The molecule has 0 radical (unpaired) electrons. The lowest BCUT2D eigenvalue weighted by Gasteiger charge is -2.35. The van der Waals surface area contributed by atoms with E-state index in [-0.39, 0.29) is 24.2 Å². The van der Waals surface area contributed by atoms with Gasteiger partial charge in [0.2, 0.25) is 5.88 Å². The summed E-state index contributed by atoms with van der Waals surface area (Å²) in [7, 11) is 1.51. The highest BCUT2D eigenvalue weighted by Gasteiger charge is 2.43. The number of carbonyl (C=O) groups excluding carboxylic acids is 1. The van der Waals surface area contributed by atoms with E-state index in [1.165, 1.54) is 25.4 Å². The van der Waals surface area contributed by atoms with E-state index in [1.54, 1.807) is 29.7 Å². The Bertz CT molecular complexity index is 1090. The summed E-state index contributed by atoms with van der Waals surface area (Å²) in [6.07, 6.45) is 2.06. The van der Waals surface area contributed by atoms with Crippen LogP contribution >= 0.6 is 0 Å². The molecular formula is C21H20FN3O5. The Labute approximate surface area is 171 Å². The Morgan fingerprint density at radius 3 is 2.73 bits per heavy atom. The summed E-state index contributed by atoms with van der Waals surface area (Å²) >= 11 is 0. The van der Waals surface area contributed by atoms with Crippen molar-refractivity contribution in [3.63, 3.8) is 0 Å². The number of aromatic nitrogens is 2. The third-order valence-electron chi connectivity index (χ3n) is 5.31. The van der Waals surface area contributed by atoms with Gasteiger partial charge in [0.05, 0.1) is 17.9 Å². The van der Waals surface area contributed by atoms with E-state index in [0.29, 0.717) is 35.9 Å². The number of carbonyl (C=O) groups is 1. The molecule has 2 aromatic heterocycles. The lowest BCUT2D eigenvalue weighted by Crippen LogP contribution is -2.47. The number of methoxy groups -OCH3 is 1. The van der Waals surface area contributed by atoms with E-state index in [4.69, 9.17) is 14.2 Å². The van der Waals surface area contributed by atoms with Crippen LogP contribution in [0.2, 0.25) is 0 Å². The van der Waals surface area contributed by atoms with Crippen LogP contribution in [0.5, 0.6) is 17.4 Å². The molecule has 2 N–H and O–H groups in total. The molecule has 8 nitrogen and oxygen atoms in total. The summed E-state index contributed by atoms with van der Waals surface area (Å²) in [5.41, 5.74) is 1.10. The minimum Gasteiger partial charge on any atom is -0.481 e. The van der Waals surface area contributed by atoms with E-state index >= 15 is 4.39 Å². The number of hydrogen-bond acceptors (Lipinski definition) is 7. The fourth-order valence-electron chi connectivity index (χ4n) is 3.71. The maximum absolute atomic E-state index is 15.1. The SMILES string of the molecule is COc1ccc2c(Oc3ccc(C4(C(=O)NO)CCOCC4)c(F)c3)ccnc2n1. The number of nitrogens with one attached hydrogen (secondary N) is 1. The van der Waals surface area contributed by atoms with Gasteiger partial charge in [0.25, 0.3) is 5.91 Å². The molecule has 1 aliphatic heterocycles. The molecule has 1 fully saturated rings. The second-order valence-electron chi connectivity index (χ2n) is 6.91. The maximum Gasteiger partial charge on any atom is 0.254 e. The van der Waals surface area contributed by atoms with Gasteiger partial charge in [-0.15, -0.1) is 0 Å². The first-order chi connectivity index (χ1) is 14.6. The fraction of sp³-hybridized carbons (Fsp3) is 0.286. The zero-order valence-electron chi connectivity index (χ0n) is 16.2. The van der Waals surface area contributed by atoms with Crippen molar-refractivity contribution in [1.29, 1.82) is 0 Å². The van der Waals surface area contributed by atoms with Crippen LogP contribution in [0.15, 0.2) is 42.6 Å². The van der Waals surface area contributed by atoms with Gasteiger partial charge in [0.15, 0.2) is 5.65 Å². The molecule has 0 atom stereocenters. The molecule has 3 aromatic rings. The summed E-state index contributed by atoms with van der Waals surface area (Å²) < 4.78 is 31.4. The van der Waals surface area contributed by atoms with Crippen LogP contribution in [0.25, 0.3) is 11.0 Å². The molecule has 1 aromatic carbocycles. The number of rotatable bonds is 5. The molecule has 0 bridgehead atoms. The van der Waals surface area contributed by atoms with Crippen molar-refractivity contribution in [1.82, 2.24) is 15.4 Å². The van der Waals surface area contributed by atoms with Crippen molar-refractivity contribution in [3.8, 4) is 17.4 Å². The first kappa shape index (κ1) is 20.0. The molecule has 9 heteroatoms. The van der Waals surface area contributed by atoms with Crippen molar-refractivity contribution in [2.24, 2.45) is 0 Å². The van der Waals surface area contributed by atoms with Gasteiger partial charge >= 0.3 is 0 Å². The van der Waals surface area contributed by atoms with Crippen molar-refractivity contribution >= 4 is 16.9 Å². The Balaban J connectivity index is 1.67. The zero-order valence-corrected chi connectivity index (χ0v) is 16.2. The normalized spacial score (nSPS) is 15.6. The molecule has 4 rings (SSSR count). The van der Waals surface area contributed by atoms with Crippen LogP contribution in [0, 0.1) is 5.82 Å². The summed E-state index contributed by atoms with van der Waals surface area (Å²) in [6, 6.07) is 9.42. The van der Waals surface area contributed by atoms with E-state index in [0.717, 1.165) is 0 Å². The minimum atomic E-state index is -1.19. The van der Waals surface area contributed by atoms with Gasteiger partial charge in [0.1, 0.15) is 17.3 Å². The van der Waals surface area contributed by atoms with E-state index in [1.807, 2.05) is 0 Å². The summed E-state index contributed by atoms with van der Waals surface area (Å²) in [4.78, 5) is 20.8. The molecule has 30 heavy (non-hydrogen) atoms. The minimum absolute atomic E-state index is 0.190. The van der Waals surface area contributed by atoms with Crippen molar-refractivity contribution in [2.75, 3.05) is 20.3 Å². The molecule has 1 saturated heterocycles. The highest BCUT2D eigenvalue weighted by atomic mass is 19.1. The third kappa shape index (κ3) is 3.53. The topological polar surface area (TPSA) is 103 Å². The Hall–Kier alpha value is -3.30. The number of halogens is 1. The second kappa shape index (κ2) is 8.21. The predicted molar refractivity (Wildman–Crippen MR) is 104 cm³/mol. The number of pyridine rings is 2. The number of nitrogens with zero attached hydrogens (tertiary/aromatic N) is 2. The van der Waals surface area contributed by atoms with Gasteiger partial charge < -0.3 is 14.2 Å². The fourth-order valence-corrected chi connectivity index (χ4v) is 3.71. The Morgan fingerprint density at radius 1 is 1.23 bits per heavy atom. The lowest BCUT2D eigenvalue weighted by molar-refractivity contribution is -0.139. The number of ether oxygens (including phenoxy) is 3. The van der Waals surface area contributed by atoms with Gasteiger partial charge in [-0.3, -0.25) is 10.0 Å². The van der Waals surface area contributed by atoms with Crippen LogP contribution in [0.4, 0.5) is 4.39 Å². The molecule has 0 unspecified atom stereocenters. The summed E-state index contributed by atoms with van der Waals surface area (Å²) in [5.74, 6) is -0.122. The monoisotopic (exact) mass is 413 g/mol. The van der Waals surface area contributed by atoms with Crippen LogP contribution in [0.1, 0.15) is 18.4 Å². The van der Waals surface area contributed by atoms with Crippen LogP contribution in [-0.2, 0) is 14.9 Å². The predicted octanol–water partition coefficient (Wildman–Crippen LogP) is 3.12. The quantitative estimate of drug-likeness (QED) is 0.489. The highest BCUT2D eigenvalue weighted by molar-refractivity contribution is 5.87. The summed E-state index contributed by atoms with van der Waals surface area (Å²) in [6.45, 7) is 0.592. The van der Waals surface area contributed by atoms with Gasteiger partial charge in [-0.1, -0.05) is 6.07 Å². The lowest BCUT2D eigenvalue weighted by atomic mass is 9.73. The molecule has 1 aliphatic rings. The Kier molecular flexibility index (Phi) is 5.47. The Morgan fingerprint density at radius 2 is 2.03 bits per heavy atom. The van der Waals surface area contributed by atoms with Crippen molar-refractivity contribution in [2.45, 2.75) is 18.3 Å². The maximum atomic E-state index is 15.1. The van der Waals surface area contributed by atoms with Crippen LogP contribution in [0.3, 0.4) is 0 Å². The number of hydrogen-bond donors (Lipinski definition) is 2. The number of benzene rings is 1. The van der Waals surface area contributed by atoms with Gasteiger partial charge in [0, 0.05) is 37.1 Å². The molecule has 0 aliphatic carbocycles. The largest absolute Gasteiger partial charge is 0.481 e. The van der Waals surface area contributed by atoms with Gasteiger partial charge in [-0.25, -0.2) is 14.9 Å². The van der Waals surface area contributed by atoms with Gasteiger partial charge in [-0.2, -0.15) is 4.98 Å². The molecule has 156 valence electrons. The zero-order chi connectivity index (χ0) is 21.1. The van der Waals surface area contributed by atoms with Crippen LogP contribution < -0.4 is 15.0 Å². The van der Waals surface area contributed by atoms with E-state index < -0.39 is 17.1 Å². The van der Waals surface area contributed by atoms with Gasteiger partial charge in [-0.05, 0) is 31.0 Å². The average Bonchev–Trinajstić information content (AvgIpc) is 2.78. The average molecular weight is 413 g/mol. The highest BCUT2D eigenvalue weighted by Crippen LogP contribution is 2.38. The molecule has 0 spiro atoms. The van der Waals surface area contributed by atoms with Crippen molar-refractivity contribution in [3.05, 3.63) is 54.0 Å². The molecular weight excluding hydrogens is 393 g/mol. The smallest absolute Gasteiger partial charge is 0.254 e. The van der Waals surface area contributed by atoms with Crippen molar-refractivity contribution < 1.29 is 28.6 Å². The number of amides is 1. The van der Waals surface area contributed by atoms with E-state index in [9.17, 15) is 10.0 Å². The number of fused-ring (bicyclic) bond motifs is 1. The third-order valence-corrected chi connectivity index (χ3v) is 5.31.